The maximum Gasteiger partial charge on any atom is 0.270 e. The maximum absolute atomic E-state index is 13.0. The molecule has 1 aromatic carbocycles. The van der Waals surface area contributed by atoms with E-state index in [1.165, 1.54) is 25.7 Å². The van der Waals surface area contributed by atoms with Gasteiger partial charge in [0, 0.05) is 29.4 Å². The monoisotopic (exact) mass is 417 g/mol. The Balaban J connectivity index is 1.33. The number of hydrazine groups is 1. The molecule has 5 rings (SSSR count). The first-order chi connectivity index (χ1) is 14.7. The number of carbonyl (C=O) groups is 1. The minimum Gasteiger partial charge on any atom is -0.358 e. The Bertz CT molecular complexity index is 1100. The van der Waals surface area contributed by atoms with Crippen LogP contribution in [0.15, 0.2) is 54.9 Å². The van der Waals surface area contributed by atoms with E-state index in [9.17, 15) is 4.79 Å². The number of aromatic nitrogens is 2. The third-order valence-electron chi connectivity index (χ3n) is 6.28. The lowest BCUT2D eigenvalue weighted by Crippen LogP contribution is -2.50. The number of nitrogens with zero attached hydrogens (tertiary/aromatic N) is 2. The summed E-state index contributed by atoms with van der Waals surface area (Å²) < 4.78 is 0. The van der Waals surface area contributed by atoms with Crippen LogP contribution in [-0.4, -0.2) is 27.0 Å². The van der Waals surface area contributed by atoms with E-state index in [1.54, 1.807) is 18.5 Å². The van der Waals surface area contributed by atoms with Gasteiger partial charge in [-0.3, -0.25) is 20.6 Å². The van der Waals surface area contributed by atoms with E-state index in [2.05, 4.69) is 21.2 Å². The number of benzene rings is 1. The van der Waals surface area contributed by atoms with Crippen molar-refractivity contribution in [3.05, 3.63) is 60.4 Å². The predicted octanol–water partition coefficient (Wildman–Crippen LogP) is 3.59. The van der Waals surface area contributed by atoms with Crippen LogP contribution in [0.1, 0.15) is 36.0 Å². The fourth-order valence-corrected chi connectivity index (χ4v) is 5.04. The molecule has 152 valence electrons. The zero-order valence-corrected chi connectivity index (χ0v) is 17.3. The second kappa shape index (κ2) is 7.99. The van der Waals surface area contributed by atoms with Crippen LogP contribution in [0.3, 0.4) is 0 Å². The number of fused-ring (bicyclic) bond motifs is 3. The van der Waals surface area contributed by atoms with Crippen LogP contribution in [0.2, 0.25) is 0 Å². The van der Waals surface area contributed by atoms with E-state index >= 15 is 0 Å². The van der Waals surface area contributed by atoms with Crippen molar-refractivity contribution in [2.45, 2.75) is 31.7 Å². The summed E-state index contributed by atoms with van der Waals surface area (Å²) in [6.07, 6.45) is 8.52. The molecule has 6 nitrogen and oxygen atoms in total. The van der Waals surface area contributed by atoms with E-state index in [1.807, 2.05) is 36.4 Å². The summed E-state index contributed by atoms with van der Waals surface area (Å²) in [4.78, 5) is 21.8. The van der Waals surface area contributed by atoms with E-state index in [4.69, 9.17) is 17.2 Å². The molecule has 3 unspecified atom stereocenters. The van der Waals surface area contributed by atoms with E-state index < -0.39 is 0 Å². The average Bonchev–Trinajstić information content (AvgIpc) is 3.40. The summed E-state index contributed by atoms with van der Waals surface area (Å²) >= 11 is 5.42. The van der Waals surface area contributed by atoms with Gasteiger partial charge in [0.25, 0.3) is 5.91 Å². The number of hydrogen-bond acceptors (Lipinski definition) is 4. The highest BCUT2D eigenvalue weighted by Crippen LogP contribution is 2.44. The van der Waals surface area contributed by atoms with Gasteiger partial charge < -0.3 is 5.32 Å². The van der Waals surface area contributed by atoms with Crippen molar-refractivity contribution in [1.82, 2.24) is 26.1 Å². The quantitative estimate of drug-likeness (QED) is 0.446. The molecular weight excluding hydrogens is 394 g/mol. The molecule has 2 heterocycles. The molecule has 7 heteroatoms. The highest BCUT2D eigenvalue weighted by atomic mass is 32.1. The van der Waals surface area contributed by atoms with Crippen molar-refractivity contribution < 1.29 is 4.79 Å². The van der Waals surface area contributed by atoms with Crippen LogP contribution in [0, 0.1) is 11.8 Å². The van der Waals surface area contributed by atoms with Crippen molar-refractivity contribution in [1.29, 1.82) is 0 Å². The van der Waals surface area contributed by atoms with Gasteiger partial charge in [-0.05, 0) is 67.6 Å². The number of para-hydroxylation sites is 1. The molecule has 3 N–H and O–H groups in total. The maximum atomic E-state index is 13.0. The van der Waals surface area contributed by atoms with Crippen LogP contribution in [0.4, 0.5) is 0 Å². The van der Waals surface area contributed by atoms with Crippen molar-refractivity contribution in [3.8, 4) is 11.3 Å². The molecule has 1 amide bonds. The van der Waals surface area contributed by atoms with E-state index in [0.717, 1.165) is 28.1 Å². The van der Waals surface area contributed by atoms with Gasteiger partial charge in [0.1, 0.15) is 0 Å². The molecule has 2 fully saturated rings. The highest BCUT2D eigenvalue weighted by molar-refractivity contribution is 7.80. The summed E-state index contributed by atoms with van der Waals surface area (Å²) in [5.41, 5.74) is 8.58. The topological polar surface area (TPSA) is 78.9 Å². The number of carbonyl (C=O) groups excluding carboxylic acids is 1. The molecule has 2 aliphatic rings. The summed E-state index contributed by atoms with van der Waals surface area (Å²) in [6, 6.07) is 13.6. The SMILES string of the molecule is O=C(NNC(=S)NC1CC2CCC1C2)c1cc(-c2ccncc2)nc2ccccc12. The summed E-state index contributed by atoms with van der Waals surface area (Å²) in [5, 5.41) is 4.64. The van der Waals surface area contributed by atoms with Gasteiger partial charge in [0.2, 0.25) is 0 Å². The van der Waals surface area contributed by atoms with E-state index in [-0.39, 0.29) is 5.91 Å². The van der Waals surface area contributed by atoms with Gasteiger partial charge in [0.05, 0.1) is 16.8 Å². The van der Waals surface area contributed by atoms with Crippen LogP contribution < -0.4 is 16.2 Å². The molecule has 2 saturated carbocycles. The zero-order valence-electron chi connectivity index (χ0n) is 16.5. The molecular formula is C23H23N5OS. The number of hydrogen-bond donors (Lipinski definition) is 3. The first kappa shape index (κ1) is 18.9. The molecule has 3 atom stereocenters. The lowest BCUT2D eigenvalue weighted by Gasteiger charge is -2.24. The molecule has 2 aliphatic carbocycles. The lowest BCUT2D eigenvalue weighted by molar-refractivity contribution is 0.0945. The fraction of sp³-hybridized carbons (Fsp3) is 0.304. The summed E-state index contributed by atoms with van der Waals surface area (Å²) in [5.74, 6) is 1.29. The Hall–Kier alpha value is -3.06. The van der Waals surface area contributed by atoms with Crippen LogP contribution in [0.25, 0.3) is 22.2 Å². The first-order valence-corrected chi connectivity index (χ1v) is 10.8. The third kappa shape index (κ3) is 3.73. The van der Waals surface area contributed by atoms with Crippen molar-refractivity contribution in [3.63, 3.8) is 0 Å². The molecule has 2 aromatic heterocycles. The fourth-order valence-electron chi connectivity index (χ4n) is 4.84. The lowest BCUT2D eigenvalue weighted by atomic mass is 9.96. The third-order valence-corrected chi connectivity index (χ3v) is 6.50. The molecule has 0 spiro atoms. The summed E-state index contributed by atoms with van der Waals surface area (Å²) in [7, 11) is 0. The first-order valence-electron chi connectivity index (χ1n) is 10.3. The largest absolute Gasteiger partial charge is 0.358 e. The number of thiocarbonyl (C=S) groups is 1. The van der Waals surface area contributed by atoms with E-state index in [0.29, 0.717) is 22.6 Å². The normalized spacial score (nSPS) is 22.1. The molecule has 3 aromatic rings. The molecule has 30 heavy (non-hydrogen) atoms. The Kier molecular flexibility index (Phi) is 5.04. The highest BCUT2D eigenvalue weighted by Gasteiger charge is 2.39. The Morgan fingerprint density at radius 2 is 1.87 bits per heavy atom. The summed E-state index contributed by atoms with van der Waals surface area (Å²) in [6.45, 7) is 0. The second-order valence-electron chi connectivity index (χ2n) is 8.14. The van der Waals surface area contributed by atoms with Crippen LogP contribution >= 0.6 is 12.2 Å². The van der Waals surface area contributed by atoms with Crippen LogP contribution in [0.5, 0.6) is 0 Å². The van der Waals surface area contributed by atoms with Gasteiger partial charge in [-0.25, -0.2) is 4.98 Å². The average molecular weight is 418 g/mol. The van der Waals surface area contributed by atoms with Gasteiger partial charge in [-0.2, -0.15) is 0 Å². The van der Waals surface area contributed by atoms with Crippen molar-refractivity contribution in [2.24, 2.45) is 11.8 Å². The van der Waals surface area contributed by atoms with Gasteiger partial charge in [-0.1, -0.05) is 24.6 Å². The second-order valence-corrected chi connectivity index (χ2v) is 8.55. The van der Waals surface area contributed by atoms with Crippen LogP contribution in [-0.2, 0) is 0 Å². The van der Waals surface area contributed by atoms with Crippen molar-refractivity contribution >= 4 is 34.1 Å². The minimum atomic E-state index is -0.249. The molecule has 0 aliphatic heterocycles. The molecule has 0 saturated heterocycles. The Morgan fingerprint density at radius 1 is 1.03 bits per heavy atom. The number of nitrogens with one attached hydrogen (secondary N) is 3. The van der Waals surface area contributed by atoms with Crippen molar-refractivity contribution in [2.75, 3.05) is 0 Å². The standard InChI is InChI=1S/C23H23N5OS/c29-22(27-28-23(30)26-20-12-14-5-6-16(20)11-14)18-13-21(15-7-9-24-10-8-15)25-19-4-2-1-3-17(18)19/h1-4,7-10,13-14,16,20H,5-6,11-12H2,(H,27,29)(H2,26,28,30). The molecule has 2 bridgehead atoms. The number of rotatable bonds is 3. The predicted molar refractivity (Wildman–Crippen MR) is 121 cm³/mol. The number of pyridine rings is 2. The smallest absolute Gasteiger partial charge is 0.270 e. The van der Waals surface area contributed by atoms with Gasteiger partial charge >= 0.3 is 0 Å². The zero-order chi connectivity index (χ0) is 20.5. The van der Waals surface area contributed by atoms with Gasteiger partial charge in [-0.15, -0.1) is 0 Å². The minimum absolute atomic E-state index is 0.249. The Morgan fingerprint density at radius 3 is 2.63 bits per heavy atom. The number of amides is 1. The Labute approximate surface area is 180 Å². The van der Waals surface area contributed by atoms with Gasteiger partial charge in [0.15, 0.2) is 5.11 Å². The molecule has 0 radical (unpaired) electrons.